The second kappa shape index (κ2) is 5.52. The van der Waals surface area contributed by atoms with E-state index in [2.05, 4.69) is 43.2 Å². The van der Waals surface area contributed by atoms with Gasteiger partial charge >= 0.3 is 0 Å². The SMILES string of the molecule is CCN(CC)N(C)C(C)NC. The van der Waals surface area contributed by atoms with E-state index < -0.39 is 0 Å². The molecular formula is C8H21N3. The summed E-state index contributed by atoms with van der Waals surface area (Å²) in [5.74, 6) is 0. The molecule has 0 rings (SSSR count). The number of hydrogen-bond donors (Lipinski definition) is 1. The Balaban J connectivity index is 3.86. The molecule has 68 valence electrons. The minimum Gasteiger partial charge on any atom is -0.304 e. The number of nitrogens with one attached hydrogen (secondary N) is 1. The molecule has 0 radical (unpaired) electrons. The van der Waals surface area contributed by atoms with Crippen LogP contribution in [0.5, 0.6) is 0 Å². The summed E-state index contributed by atoms with van der Waals surface area (Å²) in [6.45, 7) is 8.63. The predicted molar refractivity (Wildman–Crippen MR) is 49.2 cm³/mol. The van der Waals surface area contributed by atoms with Crippen LogP contribution in [0.25, 0.3) is 0 Å². The van der Waals surface area contributed by atoms with E-state index in [4.69, 9.17) is 0 Å². The average Bonchev–Trinajstić information content (AvgIpc) is 2.05. The molecule has 1 unspecified atom stereocenters. The number of hydrogen-bond acceptors (Lipinski definition) is 3. The Morgan fingerprint density at radius 1 is 1.27 bits per heavy atom. The van der Waals surface area contributed by atoms with Crippen molar-refractivity contribution in [1.82, 2.24) is 15.3 Å². The maximum Gasteiger partial charge on any atom is 0.0701 e. The number of hydrazine groups is 1. The van der Waals surface area contributed by atoms with Crippen LogP contribution in [0.15, 0.2) is 0 Å². The molecule has 0 spiro atoms. The summed E-state index contributed by atoms with van der Waals surface area (Å²) >= 11 is 0. The molecule has 0 aromatic carbocycles. The van der Waals surface area contributed by atoms with E-state index in [0.717, 1.165) is 13.1 Å². The highest BCUT2D eigenvalue weighted by Gasteiger charge is 2.11. The molecule has 0 heterocycles. The molecule has 0 aromatic heterocycles. The lowest BCUT2D eigenvalue weighted by molar-refractivity contribution is -0.0316. The van der Waals surface area contributed by atoms with Gasteiger partial charge in [-0.1, -0.05) is 13.8 Å². The highest BCUT2D eigenvalue weighted by molar-refractivity contribution is 4.55. The van der Waals surface area contributed by atoms with Gasteiger partial charge in [0, 0.05) is 20.1 Å². The molecule has 0 aromatic rings. The first-order chi connectivity index (χ1) is 5.17. The Morgan fingerprint density at radius 2 is 1.73 bits per heavy atom. The molecule has 0 saturated heterocycles. The largest absolute Gasteiger partial charge is 0.304 e. The molecule has 0 bridgehead atoms. The maximum atomic E-state index is 3.20. The third-order valence-electron chi connectivity index (χ3n) is 2.15. The minimum atomic E-state index is 0.412. The van der Waals surface area contributed by atoms with Crippen molar-refractivity contribution < 1.29 is 0 Å². The summed E-state index contributed by atoms with van der Waals surface area (Å²) in [5, 5.41) is 7.71. The Kier molecular flexibility index (Phi) is 5.46. The van der Waals surface area contributed by atoms with Crippen LogP contribution in [0.3, 0.4) is 0 Å². The zero-order valence-electron chi connectivity index (χ0n) is 8.39. The molecule has 0 amide bonds. The van der Waals surface area contributed by atoms with Gasteiger partial charge in [0.05, 0.1) is 6.17 Å². The van der Waals surface area contributed by atoms with Crippen molar-refractivity contribution in [3.63, 3.8) is 0 Å². The molecule has 0 aliphatic carbocycles. The maximum absolute atomic E-state index is 3.20. The van der Waals surface area contributed by atoms with Gasteiger partial charge in [-0.25, -0.2) is 10.0 Å². The van der Waals surface area contributed by atoms with Gasteiger partial charge in [-0.2, -0.15) is 0 Å². The van der Waals surface area contributed by atoms with Crippen molar-refractivity contribution in [3.05, 3.63) is 0 Å². The third kappa shape index (κ3) is 3.18. The summed E-state index contributed by atoms with van der Waals surface area (Å²) in [7, 11) is 4.08. The van der Waals surface area contributed by atoms with Crippen LogP contribution < -0.4 is 5.32 Å². The zero-order chi connectivity index (χ0) is 8.85. The molecule has 0 aliphatic heterocycles. The van der Waals surface area contributed by atoms with Crippen molar-refractivity contribution in [2.24, 2.45) is 0 Å². The molecule has 0 fully saturated rings. The first-order valence-corrected chi connectivity index (χ1v) is 4.32. The quantitative estimate of drug-likeness (QED) is 0.471. The predicted octanol–water partition coefficient (Wildman–Crippen LogP) is 0.740. The summed E-state index contributed by atoms with van der Waals surface area (Å²) in [6.07, 6.45) is 0.412. The Labute approximate surface area is 70.3 Å². The average molecular weight is 159 g/mol. The van der Waals surface area contributed by atoms with Gasteiger partial charge in [0.25, 0.3) is 0 Å². The van der Waals surface area contributed by atoms with Crippen molar-refractivity contribution in [2.75, 3.05) is 27.2 Å². The van der Waals surface area contributed by atoms with Gasteiger partial charge in [0.1, 0.15) is 0 Å². The second-order valence-corrected chi connectivity index (χ2v) is 2.68. The van der Waals surface area contributed by atoms with Gasteiger partial charge in [-0.3, -0.25) is 0 Å². The minimum absolute atomic E-state index is 0.412. The molecular weight excluding hydrogens is 138 g/mol. The Morgan fingerprint density at radius 3 is 2.00 bits per heavy atom. The number of rotatable bonds is 5. The smallest absolute Gasteiger partial charge is 0.0701 e. The van der Waals surface area contributed by atoms with Gasteiger partial charge in [-0.05, 0) is 14.0 Å². The fraction of sp³-hybridized carbons (Fsp3) is 1.00. The highest BCUT2D eigenvalue weighted by atomic mass is 15.6. The topological polar surface area (TPSA) is 18.5 Å². The monoisotopic (exact) mass is 159 g/mol. The van der Waals surface area contributed by atoms with E-state index in [0.29, 0.717) is 6.17 Å². The van der Waals surface area contributed by atoms with Crippen molar-refractivity contribution in [3.8, 4) is 0 Å². The van der Waals surface area contributed by atoms with Crippen LogP contribution in [0.2, 0.25) is 0 Å². The van der Waals surface area contributed by atoms with Crippen molar-refractivity contribution in [2.45, 2.75) is 26.9 Å². The Hall–Kier alpha value is -0.120. The van der Waals surface area contributed by atoms with Gasteiger partial charge in [0.2, 0.25) is 0 Å². The summed E-state index contributed by atoms with van der Waals surface area (Å²) in [6, 6.07) is 0. The molecule has 1 N–H and O–H groups in total. The van der Waals surface area contributed by atoms with Gasteiger partial charge in [-0.15, -0.1) is 0 Å². The van der Waals surface area contributed by atoms with Gasteiger partial charge < -0.3 is 5.32 Å². The lowest BCUT2D eigenvalue weighted by atomic mass is 10.5. The fourth-order valence-electron chi connectivity index (χ4n) is 1.10. The molecule has 0 saturated carbocycles. The van der Waals surface area contributed by atoms with Gasteiger partial charge in [0.15, 0.2) is 0 Å². The van der Waals surface area contributed by atoms with Crippen LogP contribution in [0.4, 0.5) is 0 Å². The first-order valence-electron chi connectivity index (χ1n) is 4.32. The van der Waals surface area contributed by atoms with Crippen molar-refractivity contribution in [1.29, 1.82) is 0 Å². The standard InChI is InChI=1S/C8H21N3/c1-6-11(7-2)10(5)8(3)9-4/h8-9H,6-7H2,1-5H3. The van der Waals surface area contributed by atoms with E-state index in [1.165, 1.54) is 0 Å². The fourth-order valence-corrected chi connectivity index (χ4v) is 1.10. The van der Waals surface area contributed by atoms with Crippen LogP contribution in [-0.4, -0.2) is 43.4 Å². The van der Waals surface area contributed by atoms with E-state index in [-0.39, 0.29) is 0 Å². The van der Waals surface area contributed by atoms with Crippen LogP contribution in [0.1, 0.15) is 20.8 Å². The molecule has 1 atom stereocenters. The Bertz CT molecular complexity index is 91.3. The van der Waals surface area contributed by atoms with Crippen LogP contribution in [-0.2, 0) is 0 Å². The zero-order valence-corrected chi connectivity index (χ0v) is 8.39. The lowest BCUT2D eigenvalue weighted by Gasteiger charge is -2.34. The van der Waals surface area contributed by atoms with E-state index >= 15 is 0 Å². The molecule has 3 nitrogen and oxygen atoms in total. The highest BCUT2D eigenvalue weighted by Crippen LogP contribution is 1.97. The van der Waals surface area contributed by atoms with Crippen molar-refractivity contribution >= 4 is 0 Å². The normalized spacial score (nSPS) is 14.5. The first kappa shape index (κ1) is 10.9. The molecule has 11 heavy (non-hydrogen) atoms. The lowest BCUT2D eigenvalue weighted by Crippen LogP contribution is -2.49. The third-order valence-corrected chi connectivity index (χ3v) is 2.15. The van der Waals surface area contributed by atoms with E-state index in [1.807, 2.05) is 7.05 Å². The molecule has 3 heteroatoms. The molecule has 0 aliphatic rings. The van der Waals surface area contributed by atoms with Crippen LogP contribution >= 0.6 is 0 Å². The summed E-state index contributed by atoms with van der Waals surface area (Å²) < 4.78 is 0. The van der Waals surface area contributed by atoms with Crippen LogP contribution in [0, 0.1) is 0 Å². The second-order valence-electron chi connectivity index (χ2n) is 2.68. The van der Waals surface area contributed by atoms with E-state index in [1.54, 1.807) is 0 Å². The summed E-state index contributed by atoms with van der Waals surface area (Å²) in [5.41, 5.74) is 0. The summed E-state index contributed by atoms with van der Waals surface area (Å²) in [4.78, 5) is 0. The van der Waals surface area contributed by atoms with E-state index in [9.17, 15) is 0 Å². The number of nitrogens with zero attached hydrogens (tertiary/aromatic N) is 2.